The second kappa shape index (κ2) is 9.54. The Bertz CT molecular complexity index is 1070. The molecular weight excluding hydrogens is 455 g/mol. The zero-order valence-corrected chi connectivity index (χ0v) is 19.6. The molecule has 0 spiro atoms. The second-order valence-electron chi connectivity index (χ2n) is 7.50. The molecule has 0 N–H and O–H groups in total. The van der Waals surface area contributed by atoms with Gasteiger partial charge in [0.25, 0.3) is 5.91 Å². The summed E-state index contributed by atoms with van der Waals surface area (Å²) in [5, 5.41) is 10.1. The van der Waals surface area contributed by atoms with Crippen LogP contribution in [-0.4, -0.2) is 48.9 Å². The van der Waals surface area contributed by atoms with E-state index in [-0.39, 0.29) is 5.91 Å². The van der Waals surface area contributed by atoms with Gasteiger partial charge >= 0.3 is 0 Å². The number of aromatic nitrogens is 5. The van der Waals surface area contributed by atoms with Crippen molar-refractivity contribution < 1.29 is 4.79 Å². The summed E-state index contributed by atoms with van der Waals surface area (Å²) in [6.07, 6.45) is 3.15. The summed E-state index contributed by atoms with van der Waals surface area (Å²) < 4.78 is 1.63. The number of carbonyl (C=O) groups excluding carboxylic acids is 1. The Morgan fingerprint density at radius 2 is 1.65 bits per heavy atom. The van der Waals surface area contributed by atoms with E-state index in [2.05, 4.69) is 20.3 Å². The molecule has 1 fully saturated rings. The van der Waals surface area contributed by atoms with E-state index in [4.69, 9.17) is 23.2 Å². The van der Waals surface area contributed by atoms with E-state index in [1.165, 1.54) is 11.8 Å². The number of hydrogen-bond acceptors (Lipinski definition) is 6. The summed E-state index contributed by atoms with van der Waals surface area (Å²) in [5.41, 5.74) is 3.46. The smallest absolute Gasteiger partial charge is 0.276 e. The van der Waals surface area contributed by atoms with Crippen LogP contribution in [0.3, 0.4) is 0 Å². The standard InChI is InChI=1S/C21H22Cl2N6OS/c1-13-8-14(2)25-21(24-13)31-12-18-19(20(30)28-6-4-3-5-7-28)26-27-29(18)17-10-15(22)9-16(23)11-17/h8-11H,3-7,12H2,1-2H3. The second-order valence-corrected chi connectivity index (χ2v) is 9.31. The number of piperidine rings is 1. The number of carbonyl (C=O) groups is 1. The van der Waals surface area contributed by atoms with E-state index in [1.807, 2.05) is 24.8 Å². The number of hydrogen-bond donors (Lipinski definition) is 0. The molecule has 10 heteroatoms. The number of rotatable bonds is 5. The van der Waals surface area contributed by atoms with E-state index < -0.39 is 0 Å². The van der Waals surface area contributed by atoms with Crippen LogP contribution in [0, 0.1) is 13.8 Å². The highest BCUT2D eigenvalue weighted by Gasteiger charge is 2.26. The van der Waals surface area contributed by atoms with Gasteiger partial charge in [-0.05, 0) is 57.4 Å². The summed E-state index contributed by atoms with van der Waals surface area (Å²) >= 11 is 13.9. The highest BCUT2D eigenvalue weighted by molar-refractivity contribution is 7.98. The molecule has 1 aromatic carbocycles. The molecule has 7 nitrogen and oxygen atoms in total. The first kappa shape index (κ1) is 22.0. The lowest BCUT2D eigenvalue weighted by Gasteiger charge is -2.26. The average molecular weight is 477 g/mol. The maximum absolute atomic E-state index is 13.2. The van der Waals surface area contributed by atoms with Crippen molar-refractivity contribution in [3.8, 4) is 5.69 Å². The third kappa shape index (κ3) is 5.19. The number of aryl methyl sites for hydroxylation is 2. The number of nitrogens with zero attached hydrogens (tertiary/aromatic N) is 6. The van der Waals surface area contributed by atoms with Crippen LogP contribution in [0.15, 0.2) is 29.4 Å². The quantitative estimate of drug-likeness (QED) is 0.384. The van der Waals surface area contributed by atoms with E-state index in [0.717, 1.165) is 43.7 Å². The molecule has 0 bridgehead atoms. The third-order valence-electron chi connectivity index (χ3n) is 5.00. The summed E-state index contributed by atoms with van der Waals surface area (Å²) in [7, 11) is 0. The minimum atomic E-state index is -0.101. The first-order chi connectivity index (χ1) is 14.9. The Labute approximate surface area is 195 Å². The highest BCUT2D eigenvalue weighted by atomic mass is 35.5. The molecule has 1 amide bonds. The maximum Gasteiger partial charge on any atom is 0.276 e. The SMILES string of the molecule is Cc1cc(C)nc(SCc2c(C(=O)N3CCCCC3)nnn2-c2cc(Cl)cc(Cl)c2)n1. The molecule has 0 aliphatic carbocycles. The monoisotopic (exact) mass is 476 g/mol. The van der Waals surface area contributed by atoms with Crippen LogP contribution in [0.1, 0.15) is 46.8 Å². The molecule has 1 aliphatic rings. The minimum Gasteiger partial charge on any atom is -0.337 e. The summed E-state index contributed by atoms with van der Waals surface area (Å²) in [6, 6.07) is 7.08. The predicted octanol–water partition coefficient (Wildman–Crippen LogP) is 4.90. The Kier molecular flexibility index (Phi) is 6.79. The van der Waals surface area contributed by atoms with Gasteiger partial charge in [-0.3, -0.25) is 4.79 Å². The zero-order valence-electron chi connectivity index (χ0n) is 17.3. The fourth-order valence-corrected chi connectivity index (χ4v) is 5.06. The van der Waals surface area contributed by atoms with Crippen molar-refractivity contribution in [2.75, 3.05) is 13.1 Å². The van der Waals surface area contributed by atoms with Crippen molar-refractivity contribution in [2.24, 2.45) is 0 Å². The molecule has 0 atom stereocenters. The summed E-state index contributed by atoms with van der Waals surface area (Å²) in [4.78, 5) is 24.1. The van der Waals surface area contributed by atoms with Crippen LogP contribution in [0.5, 0.6) is 0 Å². The number of likely N-dealkylation sites (tertiary alicyclic amines) is 1. The van der Waals surface area contributed by atoms with Crippen LogP contribution in [0.4, 0.5) is 0 Å². The lowest BCUT2D eigenvalue weighted by molar-refractivity contribution is 0.0717. The van der Waals surface area contributed by atoms with Gasteiger partial charge in [0.05, 0.1) is 11.4 Å². The molecule has 2 aromatic heterocycles. The molecule has 1 saturated heterocycles. The Morgan fingerprint density at radius 1 is 1.00 bits per heavy atom. The molecule has 0 saturated carbocycles. The van der Waals surface area contributed by atoms with Crippen molar-refractivity contribution in [1.82, 2.24) is 29.9 Å². The van der Waals surface area contributed by atoms with Crippen LogP contribution in [0.25, 0.3) is 5.69 Å². The third-order valence-corrected chi connectivity index (χ3v) is 6.30. The Balaban J connectivity index is 1.71. The van der Waals surface area contributed by atoms with Gasteiger partial charge in [0.1, 0.15) is 0 Å². The number of amides is 1. The summed E-state index contributed by atoms with van der Waals surface area (Å²) in [5.74, 6) is 0.325. The predicted molar refractivity (Wildman–Crippen MR) is 122 cm³/mol. The largest absolute Gasteiger partial charge is 0.337 e. The van der Waals surface area contributed by atoms with Crippen molar-refractivity contribution in [3.63, 3.8) is 0 Å². The molecule has 0 unspecified atom stereocenters. The number of thioether (sulfide) groups is 1. The number of benzene rings is 1. The van der Waals surface area contributed by atoms with Crippen molar-refractivity contribution in [2.45, 2.75) is 44.0 Å². The fraction of sp³-hybridized carbons (Fsp3) is 0.381. The maximum atomic E-state index is 13.2. The van der Waals surface area contributed by atoms with Crippen molar-refractivity contribution in [3.05, 3.63) is 57.1 Å². The van der Waals surface area contributed by atoms with Crippen LogP contribution in [0.2, 0.25) is 10.0 Å². The van der Waals surface area contributed by atoms with Crippen LogP contribution < -0.4 is 0 Å². The van der Waals surface area contributed by atoms with Gasteiger partial charge in [-0.2, -0.15) is 0 Å². The van der Waals surface area contributed by atoms with Gasteiger partial charge in [-0.25, -0.2) is 14.6 Å². The first-order valence-electron chi connectivity index (χ1n) is 10.1. The fourth-order valence-electron chi connectivity index (χ4n) is 3.60. The molecule has 0 radical (unpaired) electrons. The van der Waals surface area contributed by atoms with Gasteiger partial charge in [0.15, 0.2) is 10.9 Å². The van der Waals surface area contributed by atoms with Gasteiger partial charge < -0.3 is 4.90 Å². The normalized spacial score (nSPS) is 14.1. The zero-order chi connectivity index (χ0) is 22.0. The number of halogens is 2. The van der Waals surface area contributed by atoms with E-state index >= 15 is 0 Å². The van der Waals surface area contributed by atoms with Crippen molar-refractivity contribution >= 4 is 40.9 Å². The topological polar surface area (TPSA) is 76.8 Å². The van der Waals surface area contributed by atoms with Crippen LogP contribution >= 0.6 is 35.0 Å². The molecular formula is C21H22Cl2N6OS. The van der Waals surface area contributed by atoms with Crippen LogP contribution in [-0.2, 0) is 5.75 Å². The Morgan fingerprint density at radius 3 is 2.29 bits per heavy atom. The van der Waals surface area contributed by atoms with Gasteiger partial charge in [-0.15, -0.1) is 5.10 Å². The Hall–Kier alpha value is -2.16. The molecule has 3 aromatic rings. The lowest BCUT2D eigenvalue weighted by Crippen LogP contribution is -2.36. The lowest BCUT2D eigenvalue weighted by atomic mass is 10.1. The minimum absolute atomic E-state index is 0.101. The van der Waals surface area contributed by atoms with E-state index in [1.54, 1.807) is 22.9 Å². The van der Waals surface area contributed by atoms with E-state index in [0.29, 0.717) is 38.0 Å². The van der Waals surface area contributed by atoms with Gasteiger partial charge in [0, 0.05) is 40.3 Å². The molecule has 31 heavy (non-hydrogen) atoms. The average Bonchev–Trinajstić information content (AvgIpc) is 3.15. The van der Waals surface area contributed by atoms with E-state index in [9.17, 15) is 4.79 Å². The van der Waals surface area contributed by atoms with Crippen molar-refractivity contribution in [1.29, 1.82) is 0 Å². The highest BCUT2D eigenvalue weighted by Crippen LogP contribution is 2.27. The molecule has 4 rings (SSSR count). The molecule has 162 valence electrons. The molecule has 3 heterocycles. The summed E-state index contributed by atoms with van der Waals surface area (Å²) in [6.45, 7) is 5.34. The first-order valence-corrected chi connectivity index (χ1v) is 11.8. The van der Waals surface area contributed by atoms with Gasteiger partial charge in [0.2, 0.25) is 0 Å². The molecule has 1 aliphatic heterocycles. The van der Waals surface area contributed by atoms with Gasteiger partial charge in [-0.1, -0.05) is 40.2 Å².